The predicted octanol–water partition coefficient (Wildman–Crippen LogP) is 4.95. The minimum absolute atomic E-state index is 0.0279. The minimum atomic E-state index is -3.45. The number of benzene rings is 2. The predicted molar refractivity (Wildman–Crippen MR) is 163 cm³/mol. The highest BCUT2D eigenvalue weighted by Crippen LogP contribution is 2.22. The molecule has 0 aliphatic rings. The Kier molecular flexibility index (Phi) is 16.8. The summed E-state index contributed by atoms with van der Waals surface area (Å²) in [4.78, 5) is 12.5. The van der Waals surface area contributed by atoms with Gasteiger partial charge in [0.05, 0.1) is 15.5 Å². The van der Waals surface area contributed by atoms with Gasteiger partial charge in [0, 0.05) is 25.4 Å². The van der Waals surface area contributed by atoms with Gasteiger partial charge in [0.25, 0.3) is 0 Å². The molecule has 2 aromatic rings. The van der Waals surface area contributed by atoms with Gasteiger partial charge in [0.15, 0.2) is 0 Å². The molecule has 0 aromatic heterocycles. The molecule has 0 radical (unpaired) electrons. The van der Waals surface area contributed by atoms with Crippen LogP contribution in [0.25, 0.3) is 0 Å². The van der Waals surface area contributed by atoms with Crippen molar-refractivity contribution < 1.29 is 21.6 Å². The van der Waals surface area contributed by atoms with Gasteiger partial charge in [-0.2, -0.15) is 0 Å². The third kappa shape index (κ3) is 15.1. The van der Waals surface area contributed by atoms with Crippen LogP contribution in [0.15, 0.2) is 70.5 Å². The molecular formula is C27H41N3O5S4. The van der Waals surface area contributed by atoms with Crippen molar-refractivity contribution in [2.45, 2.75) is 67.6 Å². The number of amides is 1. The fourth-order valence-electron chi connectivity index (χ4n) is 3.63. The van der Waals surface area contributed by atoms with Crippen molar-refractivity contribution in [2.24, 2.45) is 0 Å². The number of hydrogen-bond acceptors (Lipinski definition) is 7. The number of unbranched alkanes of at least 4 members (excludes halogenated alkanes) is 7. The second-order valence-corrected chi connectivity index (χ2v) is 15.2. The molecule has 3 N–H and O–H groups in total. The first-order chi connectivity index (χ1) is 18.8. The van der Waals surface area contributed by atoms with Crippen LogP contribution < -0.4 is 14.8 Å². The molecule has 1 amide bonds. The van der Waals surface area contributed by atoms with Crippen LogP contribution in [0.5, 0.6) is 0 Å². The van der Waals surface area contributed by atoms with Gasteiger partial charge in [-0.15, -0.1) is 0 Å². The van der Waals surface area contributed by atoms with Crippen LogP contribution in [-0.4, -0.2) is 53.9 Å². The number of carbonyl (C=O) groups is 1. The standard InChI is InChI=1S/C27H41N3O5S4/c31-27(28-20-12-7-14-22-30-39(34,35)26-18-10-6-11-19-26)24-37-36-23-15-4-2-1-3-13-21-29-38(32,33)25-16-8-5-9-17-25/h5-6,8-11,16-19,29-30H,1-4,7,12-15,20-24H2,(H,28,31). The summed E-state index contributed by atoms with van der Waals surface area (Å²) in [6.45, 7) is 1.44. The molecule has 0 aliphatic carbocycles. The molecule has 0 bridgehead atoms. The van der Waals surface area contributed by atoms with E-state index in [1.165, 1.54) is 0 Å². The van der Waals surface area contributed by atoms with Crippen molar-refractivity contribution in [1.29, 1.82) is 0 Å². The second kappa shape index (κ2) is 19.5. The quantitative estimate of drug-likeness (QED) is 0.127. The van der Waals surface area contributed by atoms with Crippen molar-refractivity contribution in [3.63, 3.8) is 0 Å². The molecular weight excluding hydrogens is 575 g/mol. The van der Waals surface area contributed by atoms with E-state index in [1.54, 1.807) is 82.3 Å². The molecule has 0 saturated heterocycles. The summed E-state index contributed by atoms with van der Waals surface area (Å²) in [6, 6.07) is 16.7. The van der Waals surface area contributed by atoms with Crippen LogP contribution in [0.3, 0.4) is 0 Å². The summed E-state index contributed by atoms with van der Waals surface area (Å²) in [5.74, 6) is 1.47. The normalized spacial score (nSPS) is 11.9. The van der Waals surface area contributed by atoms with Crippen molar-refractivity contribution in [2.75, 3.05) is 31.1 Å². The molecule has 12 heteroatoms. The average molecular weight is 616 g/mol. The van der Waals surface area contributed by atoms with E-state index in [0.717, 1.165) is 63.5 Å². The Morgan fingerprint density at radius 2 is 1.00 bits per heavy atom. The number of hydrogen-bond donors (Lipinski definition) is 3. The minimum Gasteiger partial charge on any atom is -0.355 e. The summed E-state index contributed by atoms with van der Waals surface area (Å²) < 4.78 is 53.8. The zero-order valence-corrected chi connectivity index (χ0v) is 25.6. The van der Waals surface area contributed by atoms with Gasteiger partial charge >= 0.3 is 0 Å². The molecule has 0 fully saturated rings. The van der Waals surface area contributed by atoms with Gasteiger partial charge in [-0.05, 0) is 49.9 Å². The third-order valence-corrected chi connectivity index (χ3v) is 11.1. The van der Waals surface area contributed by atoms with Crippen molar-refractivity contribution in [3.8, 4) is 0 Å². The number of nitrogens with one attached hydrogen (secondary N) is 3. The Hall–Kier alpha value is -1.57. The maximum atomic E-state index is 12.1. The molecule has 2 rings (SSSR count). The lowest BCUT2D eigenvalue weighted by molar-refractivity contribution is -0.118. The van der Waals surface area contributed by atoms with Gasteiger partial charge in [-0.3, -0.25) is 4.79 Å². The van der Waals surface area contributed by atoms with Crippen LogP contribution in [0, 0.1) is 0 Å². The van der Waals surface area contributed by atoms with E-state index >= 15 is 0 Å². The lowest BCUT2D eigenvalue weighted by Crippen LogP contribution is -2.26. The molecule has 0 unspecified atom stereocenters. The van der Waals surface area contributed by atoms with Crippen LogP contribution in [0.2, 0.25) is 0 Å². The lowest BCUT2D eigenvalue weighted by atomic mass is 10.1. The van der Waals surface area contributed by atoms with Crippen molar-refractivity contribution in [3.05, 3.63) is 60.7 Å². The summed E-state index contributed by atoms with van der Waals surface area (Å²) >= 11 is 0. The maximum Gasteiger partial charge on any atom is 0.240 e. The average Bonchev–Trinajstić information content (AvgIpc) is 2.94. The van der Waals surface area contributed by atoms with Crippen LogP contribution in [0.4, 0.5) is 0 Å². The van der Waals surface area contributed by atoms with E-state index in [9.17, 15) is 21.6 Å². The van der Waals surface area contributed by atoms with E-state index in [2.05, 4.69) is 14.8 Å². The van der Waals surface area contributed by atoms with Gasteiger partial charge in [-0.25, -0.2) is 26.3 Å². The van der Waals surface area contributed by atoms with Gasteiger partial charge in [-0.1, -0.05) is 90.1 Å². The first kappa shape index (κ1) is 33.6. The molecule has 218 valence electrons. The molecule has 39 heavy (non-hydrogen) atoms. The van der Waals surface area contributed by atoms with Crippen molar-refractivity contribution in [1.82, 2.24) is 14.8 Å². The monoisotopic (exact) mass is 615 g/mol. The Balaban J connectivity index is 1.33. The largest absolute Gasteiger partial charge is 0.355 e. The maximum absolute atomic E-state index is 12.1. The summed E-state index contributed by atoms with van der Waals surface area (Å²) in [5.41, 5.74) is 0. The smallest absolute Gasteiger partial charge is 0.240 e. The van der Waals surface area contributed by atoms with Crippen LogP contribution in [0.1, 0.15) is 57.8 Å². The fourth-order valence-corrected chi connectivity index (χ4v) is 7.83. The molecule has 0 aliphatic heterocycles. The SMILES string of the molecule is O=C(CSSCCCCCCCCNS(=O)(=O)c1ccccc1)NCCCCCNS(=O)(=O)c1ccccc1. The molecule has 0 atom stereocenters. The molecule has 2 aromatic carbocycles. The Morgan fingerprint density at radius 1 is 0.564 bits per heavy atom. The fraction of sp³-hybridized carbons (Fsp3) is 0.519. The van der Waals surface area contributed by atoms with Crippen LogP contribution >= 0.6 is 21.6 Å². The van der Waals surface area contributed by atoms with E-state index in [-0.39, 0.29) is 10.8 Å². The number of carbonyl (C=O) groups excluding carboxylic acids is 1. The highest BCUT2D eigenvalue weighted by Gasteiger charge is 2.12. The summed E-state index contributed by atoms with van der Waals surface area (Å²) in [6.07, 6.45) is 8.67. The van der Waals surface area contributed by atoms with E-state index in [1.807, 2.05) is 0 Å². The zero-order valence-electron chi connectivity index (χ0n) is 22.3. The molecule has 8 nitrogen and oxygen atoms in total. The third-order valence-electron chi connectivity index (χ3n) is 5.79. The van der Waals surface area contributed by atoms with Crippen molar-refractivity contribution >= 4 is 47.5 Å². The molecule has 0 heterocycles. The Labute approximate surface area is 242 Å². The first-order valence-corrected chi connectivity index (χ1v) is 18.9. The molecule has 0 saturated carbocycles. The van der Waals surface area contributed by atoms with E-state index in [0.29, 0.717) is 30.3 Å². The van der Waals surface area contributed by atoms with E-state index in [4.69, 9.17) is 0 Å². The lowest BCUT2D eigenvalue weighted by Gasteiger charge is -2.07. The van der Waals surface area contributed by atoms with E-state index < -0.39 is 20.0 Å². The second-order valence-electron chi connectivity index (χ2n) is 9.04. The Bertz CT molecular complexity index is 1150. The zero-order chi connectivity index (χ0) is 28.2. The van der Waals surface area contributed by atoms with Gasteiger partial charge in [0.1, 0.15) is 0 Å². The Morgan fingerprint density at radius 3 is 1.54 bits per heavy atom. The number of sulfonamides is 2. The van der Waals surface area contributed by atoms with Gasteiger partial charge in [0.2, 0.25) is 26.0 Å². The highest BCUT2D eigenvalue weighted by molar-refractivity contribution is 8.76. The highest BCUT2D eigenvalue weighted by atomic mass is 33.1. The van der Waals surface area contributed by atoms with Gasteiger partial charge < -0.3 is 5.32 Å². The summed E-state index contributed by atoms with van der Waals surface area (Å²) in [5, 5.41) is 2.92. The molecule has 0 spiro atoms. The summed E-state index contributed by atoms with van der Waals surface area (Å²) in [7, 11) is -3.56. The topological polar surface area (TPSA) is 121 Å². The first-order valence-electron chi connectivity index (χ1n) is 13.4. The van der Waals surface area contributed by atoms with Crippen LogP contribution in [-0.2, 0) is 24.8 Å². The number of rotatable bonds is 22.